The molecule has 0 unspecified atom stereocenters. The second-order valence-corrected chi connectivity index (χ2v) is 6.19. The molecule has 0 spiro atoms. The molecule has 0 aliphatic carbocycles. The van der Waals surface area contributed by atoms with Crippen molar-refractivity contribution in [2.75, 3.05) is 0 Å². The first-order chi connectivity index (χ1) is 8.33. The summed E-state index contributed by atoms with van der Waals surface area (Å²) in [5.41, 5.74) is 3.52. The van der Waals surface area contributed by atoms with Crippen molar-refractivity contribution in [3.8, 4) is 0 Å². The monoisotopic (exact) mass is 350 g/mol. The second kappa shape index (κ2) is 3.43. The van der Waals surface area contributed by atoms with Crippen LogP contribution in [0.1, 0.15) is 0 Å². The van der Waals surface area contributed by atoms with E-state index in [2.05, 4.69) is 74.4 Å². The molecule has 2 nitrogen and oxygen atoms in total. The van der Waals surface area contributed by atoms with Crippen LogP contribution in [0.4, 0.5) is 0 Å². The Balaban J connectivity index is 2.33. The highest BCUT2D eigenvalue weighted by Crippen LogP contribution is 2.30. The average molecular weight is 350 g/mol. The highest BCUT2D eigenvalue weighted by molar-refractivity contribution is 14.1. The molecule has 0 N–H and O–H groups in total. The van der Waals surface area contributed by atoms with Gasteiger partial charge in [-0.15, -0.1) is 0 Å². The molecule has 0 saturated carbocycles. The summed E-state index contributed by atoms with van der Waals surface area (Å²) in [6.07, 6.45) is 0. The molecule has 0 amide bonds. The van der Waals surface area contributed by atoms with Gasteiger partial charge in [-0.3, -0.25) is 4.40 Å². The van der Waals surface area contributed by atoms with Crippen molar-refractivity contribution in [1.29, 1.82) is 0 Å². The molecule has 2 heterocycles. The molecule has 4 aromatic rings. The summed E-state index contributed by atoms with van der Waals surface area (Å²) in [6, 6.07) is 14.8. The van der Waals surface area contributed by atoms with E-state index in [0.717, 1.165) is 10.5 Å². The number of benzene rings is 2. The summed E-state index contributed by atoms with van der Waals surface area (Å²) < 4.78 is 4.78. The number of para-hydroxylation sites is 1. The van der Waals surface area contributed by atoms with Crippen LogP contribution >= 0.6 is 33.9 Å². The first-order valence-electron chi connectivity index (χ1n) is 5.28. The van der Waals surface area contributed by atoms with Crippen molar-refractivity contribution in [2.24, 2.45) is 0 Å². The Morgan fingerprint density at radius 1 is 1.06 bits per heavy atom. The first kappa shape index (κ1) is 9.85. The van der Waals surface area contributed by atoms with Gasteiger partial charge in [0.1, 0.15) is 0 Å². The number of hydrogen-bond acceptors (Lipinski definition) is 2. The normalized spacial score (nSPS) is 11.8. The second-order valence-electron chi connectivity index (χ2n) is 3.93. The van der Waals surface area contributed by atoms with E-state index >= 15 is 0 Å². The third-order valence-corrected chi connectivity index (χ3v) is 4.59. The number of thiazole rings is 1. The maximum absolute atomic E-state index is 4.67. The van der Waals surface area contributed by atoms with Gasteiger partial charge in [0.2, 0.25) is 0 Å². The largest absolute Gasteiger partial charge is 0.283 e. The van der Waals surface area contributed by atoms with Crippen LogP contribution in [-0.2, 0) is 0 Å². The fourth-order valence-electron chi connectivity index (χ4n) is 2.15. The number of nitrogens with zero attached hydrogens (tertiary/aromatic N) is 2. The Morgan fingerprint density at radius 3 is 2.88 bits per heavy atom. The Bertz CT molecular complexity index is 860. The summed E-state index contributed by atoms with van der Waals surface area (Å²) in [4.78, 5) is 5.74. The quantitative estimate of drug-likeness (QED) is 0.432. The van der Waals surface area contributed by atoms with E-state index < -0.39 is 0 Å². The van der Waals surface area contributed by atoms with Gasteiger partial charge in [-0.25, -0.2) is 4.98 Å². The van der Waals surface area contributed by atoms with Gasteiger partial charge in [-0.1, -0.05) is 23.5 Å². The maximum atomic E-state index is 4.67. The predicted molar refractivity (Wildman–Crippen MR) is 80.8 cm³/mol. The molecule has 17 heavy (non-hydrogen) atoms. The minimum absolute atomic E-state index is 1.07. The number of fused-ring (bicyclic) bond motifs is 5. The molecular formula is C13H7IN2S. The minimum Gasteiger partial charge on any atom is -0.283 e. The van der Waals surface area contributed by atoms with Gasteiger partial charge in [0.25, 0.3) is 0 Å². The Hall–Kier alpha value is -1.14. The van der Waals surface area contributed by atoms with Gasteiger partial charge >= 0.3 is 0 Å². The number of imidazole rings is 1. The van der Waals surface area contributed by atoms with E-state index in [9.17, 15) is 0 Å². The summed E-state index contributed by atoms with van der Waals surface area (Å²) in [5.74, 6) is 0. The lowest BCUT2D eigenvalue weighted by Crippen LogP contribution is -1.80. The van der Waals surface area contributed by atoms with Gasteiger partial charge in [-0.05, 0) is 52.9 Å². The predicted octanol–water partition coefficient (Wildman–Crippen LogP) is 4.31. The lowest BCUT2D eigenvalue weighted by molar-refractivity contribution is 1.34. The van der Waals surface area contributed by atoms with Crippen LogP contribution in [0.3, 0.4) is 0 Å². The van der Waals surface area contributed by atoms with Gasteiger partial charge in [0, 0.05) is 3.57 Å². The van der Waals surface area contributed by atoms with Gasteiger partial charge in [0.05, 0.1) is 21.3 Å². The fourth-order valence-corrected chi connectivity index (χ4v) is 3.67. The maximum Gasteiger partial charge on any atom is 0.195 e. The van der Waals surface area contributed by atoms with Gasteiger partial charge < -0.3 is 0 Å². The van der Waals surface area contributed by atoms with Crippen LogP contribution in [0.5, 0.6) is 0 Å². The fraction of sp³-hybridized carbons (Fsp3) is 0. The Kier molecular flexibility index (Phi) is 1.99. The van der Waals surface area contributed by atoms with Crippen molar-refractivity contribution in [3.05, 3.63) is 46.0 Å². The molecule has 4 heteroatoms. The molecule has 4 rings (SSSR count). The summed E-state index contributed by atoms with van der Waals surface area (Å²) in [6.45, 7) is 0. The van der Waals surface area contributed by atoms with Crippen LogP contribution in [0.2, 0.25) is 0 Å². The Labute approximate surface area is 115 Å². The van der Waals surface area contributed by atoms with Crippen molar-refractivity contribution in [3.63, 3.8) is 0 Å². The summed E-state index contributed by atoms with van der Waals surface area (Å²) in [5, 5.41) is 0. The van der Waals surface area contributed by atoms with E-state index in [-0.39, 0.29) is 0 Å². The topological polar surface area (TPSA) is 17.3 Å². The van der Waals surface area contributed by atoms with Gasteiger partial charge in [-0.2, -0.15) is 0 Å². The number of rotatable bonds is 0. The van der Waals surface area contributed by atoms with Crippen LogP contribution in [0.15, 0.2) is 42.5 Å². The van der Waals surface area contributed by atoms with Crippen LogP contribution in [0, 0.1) is 3.57 Å². The van der Waals surface area contributed by atoms with Crippen LogP contribution < -0.4 is 0 Å². The molecule has 0 aliphatic rings. The molecule has 0 atom stereocenters. The van der Waals surface area contributed by atoms with Crippen molar-refractivity contribution >= 4 is 60.1 Å². The van der Waals surface area contributed by atoms with Crippen molar-refractivity contribution in [1.82, 2.24) is 9.38 Å². The minimum atomic E-state index is 1.07. The molecule has 2 aromatic heterocycles. The lowest BCUT2D eigenvalue weighted by Gasteiger charge is -1.94. The molecular weight excluding hydrogens is 343 g/mol. The highest BCUT2D eigenvalue weighted by atomic mass is 127. The molecule has 0 radical (unpaired) electrons. The van der Waals surface area contributed by atoms with Crippen LogP contribution in [-0.4, -0.2) is 9.38 Å². The molecule has 0 aliphatic heterocycles. The van der Waals surface area contributed by atoms with E-state index in [0.29, 0.717) is 0 Å². The molecule has 0 bridgehead atoms. The number of hydrogen-bond donors (Lipinski definition) is 0. The smallest absolute Gasteiger partial charge is 0.195 e. The van der Waals surface area contributed by atoms with Crippen LogP contribution in [0.25, 0.3) is 26.2 Å². The number of aromatic nitrogens is 2. The SMILES string of the molecule is Ic1ccc2nc3sc4ccccc4n3c2c1. The van der Waals surface area contributed by atoms with E-state index in [1.807, 2.05) is 0 Å². The molecule has 2 aromatic carbocycles. The van der Waals surface area contributed by atoms with E-state index in [4.69, 9.17) is 0 Å². The lowest BCUT2D eigenvalue weighted by atomic mass is 10.3. The number of halogens is 1. The summed E-state index contributed by atoms with van der Waals surface area (Å²) >= 11 is 4.08. The first-order valence-corrected chi connectivity index (χ1v) is 7.18. The molecule has 0 fully saturated rings. The Morgan fingerprint density at radius 2 is 1.94 bits per heavy atom. The standard InChI is InChI=1S/C13H7IN2S/c14-8-5-6-9-11(7-8)16-10-3-1-2-4-12(10)17-13(16)15-9/h1-7H. The zero-order valence-electron chi connectivity index (χ0n) is 8.72. The highest BCUT2D eigenvalue weighted by Gasteiger charge is 2.10. The van der Waals surface area contributed by atoms with Crippen molar-refractivity contribution in [2.45, 2.75) is 0 Å². The average Bonchev–Trinajstić information content (AvgIpc) is 2.84. The van der Waals surface area contributed by atoms with E-state index in [1.54, 1.807) is 11.3 Å². The molecule has 82 valence electrons. The molecule has 0 saturated heterocycles. The van der Waals surface area contributed by atoms with Crippen molar-refractivity contribution < 1.29 is 0 Å². The van der Waals surface area contributed by atoms with Gasteiger partial charge in [0.15, 0.2) is 4.96 Å². The third kappa shape index (κ3) is 1.34. The zero-order chi connectivity index (χ0) is 11.4. The van der Waals surface area contributed by atoms with E-state index in [1.165, 1.54) is 19.3 Å². The summed E-state index contributed by atoms with van der Waals surface area (Å²) in [7, 11) is 0. The zero-order valence-corrected chi connectivity index (χ0v) is 11.7. The third-order valence-electron chi connectivity index (χ3n) is 2.89.